The lowest BCUT2D eigenvalue weighted by Crippen LogP contribution is -2.07. The van der Waals surface area contributed by atoms with Gasteiger partial charge in [0.25, 0.3) is 0 Å². The second kappa shape index (κ2) is 4.85. The molecule has 98 valence electrons. The molecule has 19 heavy (non-hydrogen) atoms. The lowest BCUT2D eigenvalue weighted by Gasteiger charge is -1.94. The molecule has 1 aromatic carbocycles. The van der Waals surface area contributed by atoms with Crippen LogP contribution in [-0.2, 0) is 6.54 Å². The topological polar surface area (TPSA) is 72.5 Å². The minimum Gasteiger partial charge on any atom is -0.337 e. The Morgan fingerprint density at radius 2 is 2.05 bits per heavy atom. The van der Waals surface area contributed by atoms with Crippen molar-refractivity contribution in [1.29, 1.82) is 0 Å². The molecule has 3 rings (SSSR count). The van der Waals surface area contributed by atoms with Crippen molar-refractivity contribution >= 4 is 34.2 Å². The maximum Gasteiger partial charge on any atom is 0.158 e. The second-order valence-corrected chi connectivity index (χ2v) is 4.97. The summed E-state index contributed by atoms with van der Waals surface area (Å²) in [5, 5.41) is 0.985. The number of rotatable bonds is 3. The molecule has 0 aliphatic heterocycles. The molecule has 2 heterocycles. The first-order valence-electron chi connectivity index (χ1n) is 5.74. The standard InChI is InChI=1S/C12H11Cl2N5/c13-7-3-9-10(4-8(7)14)18-12(17-9)11-5-19(2-1-15)6-16-11/h3-6H,1-2,15H2,(H,17,18). The number of benzene rings is 1. The molecule has 2 aromatic heterocycles. The summed E-state index contributed by atoms with van der Waals surface area (Å²) in [6, 6.07) is 3.49. The number of nitrogens with two attached hydrogens (primary N) is 1. The first kappa shape index (κ1) is 12.5. The number of imidazole rings is 2. The molecule has 3 aromatic rings. The van der Waals surface area contributed by atoms with E-state index < -0.39 is 0 Å². The Morgan fingerprint density at radius 1 is 1.26 bits per heavy atom. The van der Waals surface area contributed by atoms with Crippen molar-refractivity contribution in [2.24, 2.45) is 5.73 Å². The van der Waals surface area contributed by atoms with Crippen LogP contribution in [0.2, 0.25) is 10.0 Å². The first-order chi connectivity index (χ1) is 9.17. The lowest BCUT2D eigenvalue weighted by atomic mass is 10.3. The zero-order chi connectivity index (χ0) is 13.4. The number of aromatic nitrogens is 4. The predicted molar refractivity (Wildman–Crippen MR) is 76.4 cm³/mol. The Morgan fingerprint density at radius 3 is 2.84 bits per heavy atom. The smallest absolute Gasteiger partial charge is 0.158 e. The van der Waals surface area contributed by atoms with Gasteiger partial charge in [0.1, 0.15) is 5.69 Å². The summed E-state index contributed by atoms with van der Waals surface area (Å²) in [6.07, 6.45) is 3.63. The molecule has 0 spiro atoms. The molecule has 0 amide bonds. The Bertz CT molecular complexity index is 692. The van der Waals surface area contributed by atoms with Gasteiger partial charge in [0, 0.05) is 19.3 Å². The van der Waals surface area contributed by atoms with E-state index in [0.717, 1.165) is 23.3 Å². The maximum atomic E-state index is 5.97. The number of fused-ring (bicyclic) bond motifs is 1. The van der Waals surface area contributed by atoms with Crippen LogP contribution in [0, 0.1) is 0 Å². The van der Waals surface area contributed by atoms with E-state index in [0.29, 0.717) is 22.4 Å². The number of nitrogens with one attached hydrogen (secondary N) is 1. The fourth-order valence-electron chi connectivity index (χ4n) is 1.88. The number of nitrogens with zero attached hydrogens (tertiary/aromatic N) is 3. The molecule has 7 heteroatoms. The highest BCUT2D eigenvalue weighted by atomic mass is 35.5. The third kappa shape index (κ3) is 2.32. The van der Waals surface area contributed by atoms with E-state index in [9.17, 15) is 0 Å². The summed E-state index contributed by atoms with van der Waals surface area (Å²) in [6.45, 7) is 1.30. The summed E-state index contributed by atoms with van der Waals surface area (Å²) in [7, 11) is 0. The molecule has 0 aliphatic carbocycles. The molecule has 0 saturated heterocycles. The third-order valence-corrected chi connectivity index (χ3v) is 3.51. The van der Waals surface area contributed by atoms with Gasteiger partial charge in [-0.05, 0) is 12.1 Å². The minimum absolute atomic E-state index is 0.487. The largest absolute Gasteiger partial charge is 0.337 e. The van der Waals surface area contributed by atoms with Crippen LogP contribution in [0.5, 0.6) is 0 Å². The van der Waals surface area contributed by atoms with E-state index in [-0.39, 0.29) is 0 Å². The molecule has 0 unspecified atom stereocenters. The number of H-pyrrole nitrogens is 1. The van der Waals surface area contributed by atoms with Gasteiger partial charge >= 0.3 is 0 Å². The highest BCUT2D eigenvalue weighted by Crippen LogP contribution is 2.28. The third-order valence-electron chi connectivity index (χ3n) is 2.79. The van der Waals surface area contributed by atoms with E-state index in [1.54, 1.807) is 18.5 Å². The Kier molecular flexibility index (Phi) is 3.18. The van der Waals surface area contributed by atoms with Crippen LogP contribution in [0.3, 0.4) is 0 Å². The summed E-state index contributed by atoms with van der Waals surface area (Å²) < 4.78 is 1.92. The molecule has 0 bridgehead atoms. The van der Waals surface area contributed by atoms with Gasteiger partial charge < -0.3 is 15.3 Å². The number of aromatic amines is 1. The molecular weight excluding hydrogens is 285 g/mol. The predicted octanol–water partition coefficient (Wildman–Crippen LogP) is 2.69. The Hall–Kier alpha value is -1.56. The molecule has 0 fully saturated rings. The molecule has 0 radical (unpaired) electrons. The quantitative estimate of drug-likeness (QED) is 0.780. The summed E-state index contributed by atoms with van der Waals surface area (Å²) in [5.74, 6) is 0.684. The lowest BCUT2D eigenvalue weighted by molar-refractivity contribution is 0.708. The normalized spacial score (nSPS) is 11.3. The highest BCUT2D eigenvalue weighted by Gasteiger charge is 2.10. The molecule has 3 N–H and O–H groups in total. The van der Waals surface area contributed by atoms with Crippen LogP contribution in [0.25, 0.3) is 22.6 Å². The van der Waals surface area contributed by atoms with Gasteiger partial charge in [0.2, 0.25) is 0 Å². The van der Waals surface area contributed by atoms with Crippen molar-refractivity contribution in [1.82, 2.24) is 19.5 Å². The average molecular weight is 296 g/mol. The monoisotopic (exact) mass is 295 g/mol. The van der Waals surface area contributed by atoms with Crippen LogP contribution in [0.4, 0.5) is 0 Å². The first-order valence-corrected chi connectivity index (χ1v) is 6.50. The van der Waals surface area contributed by atoms with E-state index in [2.05, 4.69) is 15.0 Å². The Labute approximate surface area is 119 Å². The maximum absolute atomic E-state index is 5.97. The SMILES string of the molecule is NCCn1cnc(-c2nc3cc(Cl)c(Cl)cc3[nH]2)c1. The van der Waals surface area contributed by atoms with Crippen molar-refractivity contribution in [2.75, 3.05) is 6.54 Å². The van der Waals surface area contributed by atoms with Gasteiger partial charge in [-0.2, -0.15) is 0 Å². The van der Waals surface area contributed by atoms with Gasteiger partial charge in [-0.25, -0.2) is 9.97 Å². The highest BCUT2D eigenvalue weighted by molar-refractivity contribution is 6.42. The molecule has 5 nitrogen and oxygen atoms in total. The van der Waals surface area contributed by atoms with Crippen LogP contribution in [0.15, 0.2) is 24.7 Å². The summed E-state index contributed by atoms with van der Waals surface area (Å²) >= 11 is 11.9. The van der Waals surface area contributed by atoms with Gasteiger partial charge in [0.05, 0.1) is 27.4 Å². The zero-order valence-corrected chi connectivity index (χ0v) is 11.4. The van der Waals surface area contributed by atoms with Crippen LogP contribution >= 0.6 is 23.2 Å². The Balaban J connectivity index is 2.04. The van der Waals surface area contributed by atoms with Crippen molar-refractivity contribution < 1.29 is 0 Å². The molecule has 0 atom stereocenters. The van der Waals surface area contributed by atoms with Crippen molar-refractivity contribution in [3.8, 4) is 11.5 Å². The average Bonchev–Trinajstić information content (AvgIpc) is 2.97. The van der Waals surface area contributed by atoms with E-state index in [1.165, 1.54) is 0 Å². The van der Waals surface area contributed by atoms with Crippen LogP contribution in [-0.4, -0.2) is 26.1 Å². The van der Waals surface area contributed by atoms with E-state index >= 15 is 0 Å². The van der Waals surface area contributed by atoms with Gasteiger partial charge in [-0.15, -0.1) is 0 Å². The molecule has 0 aliphatic rings. The second-order valence-electron chi connectivity index (χ2n) is 4.15. The van der Waals surface area contributed by atoms with Crippen LogP contribution < -0.4 is 5.73 Å². The van der Waals surface area contributed by atoms with Crippen molar-refractivity contribution in [3.05, 3.63) is 34.7 Å². The molecular formula is C12H11Cl2N5. The number of hydrogen-bond donors (Lipinski definition) is 2. The summed E-state index contributed by atoms with van der Waals surface area (Å²) in [4.78, 5) is 11.9. The number of hydrogen-bond acceptors (Lipinski definition) is 3. The van der Waals surface area contributed by atoms with Crippen LogP contribution in [0.1, 0.15) is 0 Å². The van der Waals surface area contributed by atoms with Gasteiger partial charge in [0.15, 0.2) is 5.82 Å². The van der Waals surface area contributed by atoms with E-state index in [4.69, 9.17) is 28.9 Å². The zero-order valence-electron chi connectivity index (χ0n) is 9.90. The van der Waals surface area contributed by atoms with Gasteiger partial charge in [-0.1, -0.05) is 23.2 Å². The van der Waals surface area contributed by atoms with E-state index in [1.807, 2.05) is 10.8 Å². The summed E-state index contributed by atoms with van der Waals surface area (Å²) in [5.41, 5.74) is 7.86. The number of halogens is 2. The fourth-order valence-corrected chi connectivity index (χ4v) is 2.20. The van der Waals surface area contributed by atoms with Crippen molar-refractivity contribution in [3.63, 3.8) is 0 Å². The molecule has 0 saturated carbocycles. The fraction of sp³-hybridized carbons (Fsp3) is 0.167. The van der Waals surface area contributed by atoms with Gasteiger partial charge in [-0.3, -0.25) is 0 Å². The minimum atomic E-state index is 0.487. The van der Waals surface area contributed by atoms with Crippen molar-refractivity contribution in [2.45, 2.75) is 6.54 Å².